The molecule has 3 aromatic rings. The summed E-state index contributed by atoms with van der Waals surface area (Å²) in [5, 5.41) is 14.6. The maximum atomic E-state index is 11.2. The Balaban J connectivity index is 1.85. The highest BCUT2D eigenvalue weighted by Crippen LogP contribution is 2.40. The Hall–Kier alpha value is -3.73. The summed E-state index contributed by atoms with van der Waals surface area (Å²) in [6.07, 6.45) is 0. The van der Waals surface area contributed by atoms with Crippen LogP contribution >= 0.6 is 0 Å². The van der Waals surface area contributed by atoms with Crippen molar-refractivity contribution in [3.05, 3.63) is 88.5 Å². The lowest BCUT2D eigenvalue weighted by atomic mass is 9.78. The van der Waals surface area contributed by atoms with Crippen LogP contribution in [0.2, 0.25) is 0 Å². The molecule has 5 heteroatoms. The number of hydrogen-bond acceptors (Lipinski definition) is 4. The van der Waals surface area contributed by atoms with Gasteiger partial charge in [-0.3, -0.25) is 0 Å². The van der Waals surface area contributed by atoms with E-state index >= 15 is 0 Å². The molecule has 0 bridgehead atoms. The Labute approximate surface area is 214 Å². The average Bonchev–Trinajstić information content (AvgIpc) is 3.17. The number of benzene rings is 3. The van der Waals surface area contributed by atoms with Crippen molar-refractivity contribution in [1.29, 1.82) is 0 Å². The summed E-state index contributed by atoms with van der Waals surface area (Å²) in [6.45, 7) is 16.7. The molecular formula is C31H36N4O. The third kappa shape index (κ3) is 5.56. The van der Waals surface area contributed by atoms with Crippen LogP contribution in [-0.4, -0.2) is 22.6 Å². The predicted molar refractivity (Wildman–Crippen MR) is 153 cm³/mol. The van der Waals surface area contributed by atoms with E-state index in [-0.39, 0.29) is 10.8 Å². The normalized spacial score (nSPS) is 15.2. The van der Waals surface area contributed by atoms with Gasteiger partial charge in [0, 0.05) is 22.4 Å². The van der Waals surface area contributed by atoms with Crippen molar-refractivity contribution in [2.45, 2.75) is 66.2 Å². The number of phenolic OH excluding ortho intramolecular Hbond substituents is 1. The molecule has 4 rings (SSSR count). The van der Waals surface area contributed by atoms with E-state index < -0.39 is 0 Å². The van der Waals surface area contributed by atoms with E-state index in [9.17, 15) is 5.11 Å². The van der Waals surface area contributed by atoms with E-state index in [2.05, 4.69) is 72.8 Å². The van der Waals surface area contributed by atoms with Crippen LogP contribution in [0.3, 0.4) is 0 Å². The third-order valence-corrected chi connectivity index (χ3v) is 6.21. The molecular weight excluding hydrogens is 444 g/mol. The zero-order valence-corrected chi connectivity index (χ0v) is 22.6. The quantitative estimate of drug-likeness (QED) is 0.405. The first kappa shape index (κ1) is 25.4. The van der Waals surface area contributed by atoms with Crippen molar-refractivity contribution in [1.82, 2.24) is 0 Å². The molecule has 0 fully saturated rings. The van der Waals surface area contributed by atoms with Gasteiger partial charge in [-0.2, -0.15) is 0 Å². The van der Waals surface area contributed by atoms with Crippen molar-refractivity contribution in [2.75, 3.05) is 5.32 Å². The lowest BCUT2D eigenvalue weighted by Gasteiger charge is -2.28. The van der Waals surface area contributed by atoms with Gasteiger partial charge in [0.2, 0.25) is 0 Å². The van der Waals surface area contributed by atoms with Crippen LogP contribution in [0.4, 0.5) is 11.4 Å². The Bertz CT molecular complexity index is 1330. The number of phenols is 1. The maximum absolute atomic E-state index is 11.2. The van der Waals surface area contributed by atoms with Crippen LogP contribution in [0.5, 0.6) is 5.75 Å². The second-order valence-corrected chi connectivity index (χ2v) is 11.6. The number of hydrogen-bond donors (Lipinski definition) is 2. The molecule has 1 aliphatic heterocycles. The zero-order valence-electron chi connectivity index (χ0n) is 22.6. The first-order chi connectivity index (χ1) is 16.8. The molecule has 0 spiro atoms. The van der Waals surface area contributed by atoms with Gasteiger partial charge < -0.3 is 10.4 Å². The van der Waals surface area contributed by atoms with Crippen LogP contribution < -0.4 is 5.32 Å². The summed E-state index contributed by atoms with van der Waals surface area (Å²) in [6, 6.07) is 20.2. The lowest BCUT2D eigenvalue weighted by Crippen LogP contribution is -2.19. The number of aromatic hydroxyl groups is 1. The molecule has 0 saturated carbocycles. The zero-order chi connectivity index (χ0) is 26.3. The number of nitrogens with zero attached hydrogens (tertiary/aromatic N) is 3. The fraction of sp³-hybridized carbons (Fsp3) is 0.323. The second-order valence-electron chi connectivity index (χ2n) is 11.6. The van der Waals surface area contributed by atoms with Crippen LogP contribution in [-0.2, 0) is 10.8 Å². The number of aryl methyl sites for hydroxylation is 2. The molecule has 0 saturated heterocycles. The molecule has 1 aliphatic rings. The van der Waals surface area contributed by atoms with E-state index in [0.717, 1.165) is 28.1 Å². The molecule has 0 atom stereocenters. The van der Waals surface area contributed by atoms with E-state index in [4.69, 9.17) is 15.0 Å². The van der Waals surface area contributed by atoms with Gasteiger partial charge in [0.1, 0.15) is 5.75 Å². The monoisotopic (exact) mass is 480 g/mol. The molecule has 0 aliphatic carbocycles. The summed E-state index contributed by atoms with van der Waals surface area (Å²) in [5.74, 6) is 2.04. The van der Waals surface area contributed by atoms with Crippen molar-refractivity contribution >= 4 is 28.9 Å². The largest absolute Gasteiger partial charge is 0.507 e. The number of nitrogens with one attached hydrogen (secondary N) is 1. The van der Waals surface area contributed by atoms with Crippen molar-refractivity contribution in [2.24, 2.45) is 15.0 Å². The molecule has 1 heterocycles. The summed E-state index contributed by atoms with van der Waals surface area (Å²) < 4.78 is 0. The van der Waals surface area contributed by atoms with Crippen LogP contribution in [0.25, 0.3) is 0 Å². The highest BCUT2D eigenvalue weighted by molar-refractivity contribution is 6.51. The van der Waals surface area contributed by atoms with Crippen LogP contribution in [0.1, 0.15) is 69.4 Å². The Morgan fingerprint density at radius 1 is 0.722 bits per heavy atom. The molecule has 186 valence electrons. The molecule has 0 radical (unpaired) electrons. The summed E-state index contributed by atoms with van der Waals surface area (Å²) in [5.41, 5.74) is 6.22. The molecule has 36 heavy (non-hydrogen) atoms. The standard InChI is InChI=1S/C31H36N4O/c1-19-9-13-22(14-10-19)32-28-29(33-23-15-11-20(2)12-16-23)35-27(34-28)21-17-24(30(3,4)5)26(36)25(18-21)31(6,7)8/h9-18,36H,1-8H3,(H,32,33,34,35). The van der Waals surface area contributed by atoms with E-state index in [1.807, 2.05) is 48.5 Å². The van der Waals surface area contributed by atoms with E-state index in [0.29, 0.717) is 23.3 Å². The molecule has 0 amide bonds. The highest BCUT2D eigenvalue weighted by Gasteiger charge is 2.29. The van der Waals surface area contributed by atoms with Crippen molar-refractivity contribution in [3.63, 3.8) is 0 Å². The van der Waals surface area contributed by atoms with Gasteiger partial charge in [-0.25, -0.2) is 15.0 Å². The molecule has 0 unspecified atom stereocenters. The maximum Gasteiger partial charge on any atom is 0.198 e. The SMILES string of the molecule is Cc1ccc(N=C2N=C(c3cc(C(C)(C)C)c(O)c(C(C)(C)C)c3)N=C2Nc2ccc(C)cc2)cc1. The van der Waals surface area contributed by atoms with Gasteiger partial charge in [-0.1, -0.05) is 76.9 Å². The minimum absolute atomic E-state index is 0.245. The van der Waals surface area contributed by atoms with Gasteiger partial charge >= 0.3 is 0 Å². The summed E-state index contributed by atoms with van der Waals surface area (Å²) in [7, 11) is 0. The predicted octanol–water partition coefficient (Wildman–Crippen LogP) is 7.61. The minimum Gasteiger partial charge on any atom is -0.507 e. The minimum atomic E-state index is -0.245. The lowest BCUT2D eigenvalue weighted by molar-refractivity contribution is 0.423. The molecule has 0 aromatic heterocycles. The smallest absolute Gasteiger partial charge is 0.198 e. The van der Waals surface area contributed by atoms with Gasteiger partial charge in [0.05, 0.1) is 5.69 Å². The fourth-order valence-electron chi connectivity index (χ4n) is 4.05. The van der Waals surface area contributed by atoms with E-state index in [1.165, 1.54) is 11.1 Å². The van der Waals surface area contributed by atoms with Gasteiger partial charge in [0.25, 0.3) is 0 Å². The molecule has 3 aromatic carbocycles. The number of anilines is 1. The highest BCUT2D eigenvalue weighted by atomic mass is 16.3. The van der Waals surface area contributed by atoms with E-state index in [1.54, 1.807) is 0 Å². The third-order valence-electron chi connectivity index (χ3n) is 6.21. The first-order valence-electron chi connectivity index (χ1n) is 12.4. The Morgan fingerprint density at radius 2 is 1.22 bits per heavy atom. The number of rotatable bonds is 3. The van der Waals surface area contributed by atoms with Crippen molar-refractivity contribution in [3.8, 4) is 5.75 Å². The summed E-state index contributed by atoms with van der Waals surface area (Å²) in [4.78, 5) is 14.6. The van der Waals surface area contributed by atoms with Gasteiger partial charge in [0.15, 0.2) is 17.5 Å². The van der Waals surface area contributed by atoms with Crippen LogP contribution in [0.15, 0.2) is 75.6 Å². The number of amidine groups is 3. The molecule has 2 N–H and O–H groups in total. The summed E-state index contributed by atoms with van der Waals surface area (Å²) >= 11 is 0. The first-order valence-corrected chi connectivity index (χ1v) is 12.4. The Kier molecular flexibility index (Phi) is 6.61. The molecule has 5 nitrogen and oxygen atoms in total. The van der Waals surface area contributed by atoms with Gasteiger partial charge in [-0.05, 0) is 61.1 Å². The van der Waals surface area contributed by atoms with Crippen molar-refractivity contribution < 1.29 is 5.11 Å². The Morgan fingerprint density at radius 3 is 1.72 bits per heavy atom. The topological polar surface area (TPSA) is 69.3 Å². The van der Waals surface area contributed by atoms with Crippen LogP contribution in [0, 0.1) is 13.8 Å². The number of aliphatic imine (C=N–C) groups is 3. The fourth-order valence-corrected chi connectivity index (χ4v) is 4.05. The van der Waals surface area contributed by atoms with Gasteiger partial charge in [-0.15, -0.1) is 0 Å². The second kappa shape index (κ2) is 9.38. The average molecular weight is 481 g/mol.